The number of aliphatic imine (C=N–C) groups is 1. The summed E-state index contributed by atoms with van der Waals surface area (Å²) in [6.07, 6.45) is 2.51. The lowest BCUT2D eigenvalue weighted by Gasteiger charge is -2.23. The molecule has 0 saturated heterocycles. The highest BCUT2D eigenvalue weighted by molar-refractivity contribution is 14.0. The molecule has 26 heavy (non-hydrogen) atoms. The summed E-state index contributed by atoms with van der Waals surface area (Å²) in [6.45, 7) is 3.54. The predicted octanol–water partition coefficient (Wildman–Crippen LogP) is 3.47. The van der Waals surface area contributed by atoms with Gasteiger partial charge in [-0.25, -0.2) is 0 Å². The molecule has 0 atom stereocenters. The van der Waals surface area contributed by atoms with E-state index < -0.39 is 0 Å². The first-order valence-electron chi connectivity index (χ1n) is 8.24. The Morgan fingerprint density at radius 1 is 1.23 bits per heavy atom. The highest BCUT2D eigenvalue weighted by Crippen LogP contribution is 2.30. The molecule has 0 radical (unpaired) electrons. The van der Waals surface area contributed by atoms with Gasteiger partial charge in [0.2, 0.25) is 0 Å². The fourth-order valence-corrected chi connectivity index (χ4v) is 2.66. The molecule has 0 unspecified atom stereocenters. The lowest BCUT2D eigenvalue weighted by Crippen LogP contribution is -2.39. The summed E-state index contributed by atoms with van der Waals surface area (Å²) in [5.41, 5.74) is 2.31. The molecule has 144 valence electrons. The molecule has 0 aliphatic rings. The summed E-state index contributed by atoms with van der Waals surface area (Å²) in [6, 6.07) is 7.88. The zero-order valence-electron chi connectivity index (χ0n) is 16.0. The van der Waals surface area contributed by atoms with Crippen molar-refractivity contribution in [1.29, 1.82) is 0 Å². The minimum Gasteiger partial charge on any atom is -0.493 e. The highest BCUT2D eigenvalue weighted by Gasteiger charge is 2.12. The van der Waals surface area contributed by atoms with Crippen LogP contribution >= 0.6 is 24.0 Å². The number of hydrogen-bond donors (Lipinski definition) is 1. The molecule has 7 heteroatoms. The standard InChI is InChI=1S/C19H27N3O3.HI/c1-14-11-17(23-4)18(24-5)12-15(14)13-22(3)19(20-2)21-9-8-16-7-6-10-25-16;/h6-7,10-12H,8-9,13H2,1-5H3,(H,20,21);1H. The number of guanidine groups is 1. The Morgan fingerprint density at radius 2 is 1.92 bits per heavy atom. The monoisotopic (exact) mass is 473 g/mol. The molecule has 0 fully saturated rings. The number of aryl methyl sites for hydroxylation is 1. The average Bonchev–Trinajstić information content (AvgIpc) is 3.13. The van der Waals surface area contributed by atoms with Crippen LogP contribution in [0.4, 0.5) is 0 Å². The fraction of sp³-hybridized carbons (Fsp3) is 0.421. The summed E-state index contributed by atoms with van der Waals surface area (Å²) in [5.74, 6) is 3.27. The molecule has 1 heterocycles. The summed E-state index contributed by atoms with van der Waals surface area (Å²) < 4.78 is 16.1. The normalized spacial score (nSPS) is 10.9. The maximum Gasteiger partial charge on any atom is 0.193 e. The Morgan fingerprint density at radius 3 is 2.50 bits per heavy atom. The summed E-state index contributed by atoms with van der Waals surface area (Å²) in [5, 5.41) is 3.36. The zero-order chi connectivity index (χ0) is 18.2. The van der Waals surface area contributed by atoms with Crippen molar-refractivity contribution in [3.8, 4) is 11.5 Å². The first-order chi connectivity index (χ1) is 12.1. The maximum absolute atomic E-state index is 5.41. The quantitative estimate of drug-likeness (QED) is 0.379. The number of methoxy groups -OCH3 is 2. The van der Waals surface area contributed by atoms with E-state index in [9.17, 15) is 0 Å². The minimum atomic E-state index is 0. The lowest BCUT2D eigenvalue weighted by molar-refractivity contribution is 0.353. The molecule has 0 saturated carbocycles. The van der Waals surface area contributed by atoms with E-state index in [1.807, 2.05) is 31.3 Å². The number of ether oxygens (including phenoxy) is 2. The van der Waals surface area contributed by atoms with E-state index in [-0.39, 0.29) is 24.0 Å². The number of benzene rings is 1. The third-order valence-corrected chi connectivity index (χ3v) is 4.06. The zero-order valence-corrected chi connectivity index (χ0v) is 18.4. The SMILES string of the molecule is CN=C(NCCc1ccco1)N(C)Cc1cc(OC)c(OC)cc1C.I. The summed E-state index contributed by atoms with van der Waals surface area (Å²) >= 11 is 0. The van der Waals surface area contributed by atoms with E-state index in [4.69, 9.17) is 13.9 Å². The molecular formula is C19H28IN3O3. The van der Waals surface area contributed by atoms with Crippen molar-refractivity contribution in [2.75, 3.05) is 34.9 Å². The van der Waals surface area contributed by atoms with E-state index in [1.165, 1.54) is 0 Å². The van der Waals surface area contributed by atoms with Crippen molar-refractivity contribution < 1.29 is 13.9 Å². The van der Waals surface area contributed by atoms with E-state index >= 15 is 0 Å². The Balaban J connectivity index is 0.00000338. The van der Waals surface area contributed by atoms with Crippen LogP contribution in [0.25, 0.3) is 0 Å². The lowest BCUT2D eigenvalue weighted by atomic mass is 10.1. The van der Waals surface area contributed by atoms with Crippen molar-refractivity contribution in [2.45, 2.75) is 19.9 Å². The van der Waals surface area contributed by atoms with Crippen molar-refractivity contribution in [2.24, 2.45) is 4.99 Å². The van der Waals surface area contributed by atoms with Crippen LogP contribution in [0.15, 0.2) is 39.9 Å². The van der Waals surface area contributed by atoms with Crippen LogP contribution in [0.2, 0.25) is 0 Å². The van der Waals surface area contributed by atoms with Crippen LogP contribution in [-0.4, -0.2) is 45.7 Å². The smallest absolute Gasteiger partial charge is 0.193 e. The summed E-state index contributed by atoms with van der Waals surface area (Å²) in [4.78, 5) is 6.43. The van der Waals surface area contributed by atoms with E-state index in [0.29, 0.717) is 6.54 Å². The molecule has 6 nitrogen and oxygen atoms in total. The molecule has 2 aromatic rings. The molecular weight excluding hydrogens is 445 g/mol. The molecule has 1 aromatic heterocycles. The van der Waals surface area contributed by atoms with Gasteiger partial charge in [-0.3, -0.25) is 4.99 Å². The van der Waals surface area contributed by atoms with Crippen LogP contribution in [-0.2, 0) is 13.0 Å². The van der Waals surface area contributed by atoms with Gasteiger partial charge < -0.3 is 24.1 Å². The van der Waals surface area contributed by atoms with Gasteiger partial charge in [-0.2, -0.15) is 0 Å². The number of rotatable bonds is 7. The number of halogens is 1. The third kappa shape index (κ3) is 5.82. The number of furan rings is 1. The molecule has 0 amide bonds. The maximum atomic E-state index is 5.41. The van der Waals surface area contributed by atoms with Crippen molar-refractivity contribution >= 4 is 29.9 Å². The topological polar surface area (TPSA) is 59.2 Å². The number of nitrogens with zero attached hydrogens (tertiary/aromatic N) is 2. The van der Waals surface area contributed by atoms with Gasteiger partial charge in [-0.1, -0.05) is 0 Å². The van der Waals surface area contributed by atoms with Crippen LogP contribution < -0.4 is 14.8 Å². The van der Waals surface area contributed by atoms with Gasteiger partial charge >= 0.3 is 0 Å². The summed E-state index contributed by atoms with van der Waals surface area (Å²) in [7, 11) is 7.09. The predicted molar refractivity (Wildman–Crippen MR) is 115 cm³/mol. The van der Waals surface area contributed by atoms with Gasteiger partial charge in [0.15, 0.2) is 17.5 Å². The van der Waals surface area contributed by atoms with Gasteiger partial charge in [0.05, 0.1) is 20.5 Å². The van der Waals surface area contributed by atoms with E-state index in [2.05, 4.69) is 22.1 Å². The van der Waals surface area contributed by atoms with Crippen molar-refractivity contribution in [3.05, 3.63) is 47.4 Å². The van der Waals surface area contributed by atoms with Crippen LogP contribution in [0.5, 0.6) is 11.5 Å². The highest BCUT2D eigenvalue weighted by atomic mass is 127. The van der Waals surface area contributed by atoms with Gasteiger partial charge in [-0.15, -0.1) is 24.0 Å². The Labute approximate surface area is 172 Å². The van der Waals surface area contributed by atoms with E-state index in [1.54, 1.807) is 27.5 Å². The second-order valence-corrected chi connectivity index (χ2v) is 5.79. The average molecular weight is 473 g/mol. The fourth-order valence-electron chi connectivity index (χ4n) is 2.66. The van der Waals surface area contributed by atoms with Crippen LogP contribution in [0.1, 0.15) is 16.9 Å². The van der Waals surface area contributed by atoms with Crippen LogP contribution in [0.3, 0.4) is 0 Å². The van der Waals surface area contributed by atoms with Gasteiger partial charge in [-0.05, 0) is 42.3 Å². The first kappa shape index (κ1) is 22.1. The largest absolute Gasteiger partial charge is 0.493 e. The second kappa shape index (κ2) is 10.9. The van der Waals surface area contributed by atoms with Gasteiger partial charge in [0, 0.05) is 33.6 Å². The van der Waals surface area contributed by atoms with Crippen molar-refractivity contribution in [1.82, 2.24) is 10.2 Å². The molecule has 1 aromatic carbocycles. The van der Waals surface area contributed by atoms with E-state index in [0.717, 1.165) is 47.3 Å². The first-order valence-corrected chi connectivity index (χ1v) is 8.24. The molecule has 0 aliphatic carbocycles. The minimum absolute atomic E-state index is 0. The Hall–Kier alpha value is -1.90. The second-order valence-electron chi connectivity index (χ2n) is 5.79. The number of hydrogen-bond acceptors (Lipinski definition) is 4. The molecule has 0 spiro atoms. The number of nitrogens with one attached hydrogen (secondary N) is 1. The third-order valence-electron chi connectivity index (χ3n) is 4.06. The molecule has 2 rings (SSSR count). The van der Waals surface area contributed by atoms with Gasteiger partial charge in [0.25, 0.3) is 0 Å². The van der Waals surface area contributed by atoms with Gasteiger partial charge in [0.1, 0.15) is 5.76 Å². The Kier molecular flexibility index (Phi) is 9.32. The van der Waals surface area contributed by atoms with Crippen molar-refractivity contribution in [3.63, 3.8) is 0 Å². The Bertz CT molecular complexity index is 702. The molecule has 1 N–H and O–H groups in total. The molecule has 0 aliphatic heterocycles. The molecule has 0 bridgehead atoms. The van der Waals surface area contributed by atoms with Crippen LogP contribution in [0, 0.1) is 6.92 Å².